The normalized spacial score (nSPS) is 20.6. The molecule has 1 aromatic carbocycles. The van der Waals surface area contributed by atoms with Gasteiger partial charge in [0.05, 0.1) is 0 Å². The van der Waals surface area contributed by atoms with Gasteiger partial charge >= 0.3 is 0 Å². The van der Waals surface area contributed by atoms with E-state index >= 15 is 0 Å². The van der Waals surface area contributed by atoms with Crippen molar-refractivity contribution in [2.75, 3.05) is 0 Å². The van der Waals surface area contributed by atoms with Crippen LogP contribution in [0.4, 0.5) is 0 Å². The highest BCUT2D eigenvalue weighted by Crippen LogP contribution is 2.27. The van der Waals surface area contributed by atoms with Crippen molar-refractivity contribution in [1.29, 1.82) is 0 Å². The third-order valence-electron chi connectivity index (χ3n) is 4.24. The van der Waals surface area contributed by atoms with Crippen LogP contribution in [0, 0.1) is 5.92 Å². The Hall–Kier alpha value is -0.530. The van der Waals surface area contributed by atoms with Crippen molar-refractivity contribution in [3.63, 3.8) is 0 Å². The Morgan fingerprint density at radius 1 is 1.06 bits per heavy atom. The monoisotopic (exact) mass is 265 g/mol. The summed E-state index contributed by atoms with van der Waals surface area (Å²) in [5.74, 6) is 0.855. The average molecular weight is 266 g/mol. The van der Waals surface area contributed by atoms with Gasteiger partial charge in [-0.1, -0.05) is 43.0 Å². The van der Waals surface area contributed by atoms with Crippen LogP contribution in [0.3, 0.4) is 0 Å². The van der Waals surface area contributed by atoms with E-state index in [1.54, 1.807) is 0 Å². The minimum Gasteiger partial charge on any atom is -0.307 e. The fourth-order valence-corrected chi connectivity index (χ4v) is 3.14. The van der Waals surface area contributed by atoms with Crippen molar-refractivity contribution in [2.24, 2.45) is 5.92 Å². The third-order valence-corrected chi connectivity index (χ3v) is 4.49. The molecule has 100 valence electrons. The van der Waals surface area contributed by atoms with Crippen LogP contribution in [0.15, 0.2) is 24.3 Å². The maximum atomic E-state index is 5.92. The molecule has 2 heteroatoms. The molecule has 0 bridgehead atoms. The summed E-state index contributed by atoms with van der Waals surface area (Å²) in [4.78, 5) is 0. The number of halogens is 1. The van der Waals surface area contributed by atoms with Gasteiger partial charge in [0.2, 0.25) is 0 Å². The quantitative estimate of drug-likeness (QED) is 0.811. The average Bonchev–Trinajstić information content (AvgIpc) is 2.40. The second-order valence-electron chi connectivity index (χ2n) is 5.63. The first-order valence-corrected chi connectivity index (χ1v) is 7.56. The van der Waals surface area contributed by atoms with E-state index in [4.69, 9.17) is 11.6 Å². The van der Waals surface area contributed by atoms with Gasteiger partial charge in [-0.2, -0.15) is 0 Å². The molecule has 1 saturated carbocycles. The van der Waals surface area contributed by atoms with Crippen LogP contribution < -0.4 is 5.32 Å². The Morgan fingerprint density at radius 3 is 2.28 bits per heavy atom. The van der Waals surface area contributed by atoms with E-state index in [1.165, 1.54) is 37.7 Å². The molecule has 0 heterocycles. The summed E-state index contributed by atoms with van der Waals surface area (Å²) >= 11 is 5.92. The fourth-order valence-electron chi connectivity index (χ4n) is 3.01. The SMILES string of the molecule is CC(NC(C)C1CCCCC1)c1ccc(Cl)cc1. The van der Waals surface area contributed by atoms with Crippen LogP contribution in [-0.4, -0.2) is 6.04 Å². The third kappa shape index (κ3) is 3.73. The van der Waals surface area contributed by atoms with E-state index < -0.39 is 0 Å². The van der Waals surface area contributed by atoms with Crippen LogP contribution in [0.25, 0.3) is 0 Å². The predicted molar refractivity (Wildman–Crippen MR) is 79.0 cm³/mol. The van der Waals surface area contributed by atoms with Crippen molar-refractivity contribution < 1.29 is 0 Å². The molecule has 0 spiro atoms. The molecule has 0 saturated heterocycles. The summed E-state index contributed by atoms with van der Waals surface area (Å²) < 4.78 is 0. The van der Waals surface area contributed by atoms with Crippen molar-refractivity contribution in [1.82, 2.24) is 5.32 Å². The Bertz CT molecular complexity index is 354. The summed E-state index contributed by atoms with van der Waals surface area (Å²) in [7, 11) is 0. The molecular weight excluding hydrogens is 242 g/mol. The highest BCUT2D eigenvalue weighted by atomic mass is 35.5. The van der Waals surface area contributed by atoms with Gasteiger partial charge in [-0.25, -0.2) is 0 Å². The largest absolute Gasteiger partial charge is 0.307 e. The standard InChI is InChI=1S/C16H24ClN/c1-12(14-6-4-3-5-7-14)18-13(2)15-8-10-16(17)11-9-15/h8-14,18H,3-7H2,1-2H3. The van der Waals surface area contributed by atoms with E-state index in [9.17, 15) is 0 Å². The molecule has 1 aliphatic carbocycles. The summed E-state index contributed by atoms with van der Waals surface area (Å²) in [6.07, 6.45) is 7.02. The van der Waals surface area contributed by atoms with Crippen molar-refractivity contribution >= 4 is 11.6 Å². The van der Waals surface area contributed by atoms with E-state index in [1.807, 2.05) is 12.1 Å². The summed E-state index contributed by atoms with van der Waals surface area (Å²) in [6, 6.07) is 9.19. The van der Waals surface area contributed by atoms with Gasteiger partial charge in [0.1, 0.15) is 0 Å². The Balaban J connectivity index is 1.89. The smallest absolute Gasteiger partial charge is 0.0406 e. The molecule has 1 nitrogen and oxygen atoms in total. The second-order valence-corrected chi connectivity index (χ2v) is 6.06. The van der Waals surface area contributed by atoms with Crippen LogP contribution in [-0.2, 0) is 0 Å². The Morgan fingerprint density at radius 2 is 1.67 bits per heavy atom. The number of nitrogens with one attached hydrogen (secondary N) is 1. The van der Waals surface area contributed by atoms with Gasteiger partial charge in [0.25, 0.3) is 0 Å². The molecule has 2 unspecified atom stereocenters. The van der Waals surface area contributed by atoms with E-state index in [0.29, 0.717) is 12.1 Å². The lowest BCUT2D eigenvalue weighted by Crippen LogP contribution is -2.36. The minimum absolute atomic E-state index is 0.402. The van der Waals surface area contributed by atoms with Gasteiger partial charge in [-0.15, -0.1) is 0 Å². The lowest BCUT2D eigenvalue weighted by atomic mass is 9.84. The Labute approximate surface area is 116 Å². The number of rotatable bonds is 4. The number of hydrogen-bond donors (Lipinski definition) is 1. The Kier molecular flexibility index (Phi) is 5.08. The molecule has 1 fully saturated rings. The first-order valence-electron chi connectivity index (χ1n) is 7.18. The summed E-state index contributed by atoms with van der Waals surface area (Å²) in [6.45, 7) is 4.57. The van der Waals surface area contributed by atoms with Gasteiger partial charge < -0.3 is 5.32 Å². The van der Waals surface area contributed by atoms with Crippen LogP contribution in [0.2, 0.25) is 5.02 Å². The maximum absolute atomic E-state index is 5.92. The molecule has 0 aliphatic heterocycles. The molecule has 0 amide bonds. The molecule has 2 atom stereocenters. The molecule has 0 aromatic heterocycles. The van der Waals surface area contributed by atoms with E-state index in [0.717, 1.165) is 10.9 Å². The highest BCUT2D eigenvalue weighted by molar-refractivity contribution is 6.30. The number of hydrogen-bond acceptors (Lipinski definition) is 1. The van der Waals surface area contributed by atoms with E-state index in [2.05, 4.69) is 31.3 Å². The summed E-state index contributed by atoms with van der Waals surface area (Å²) in [5.41, 5.74) is 1.32. The molecule has 2 rings (SSSR count). The summed E-state index contributed by atoms with van der Waals surface area (Å²) in [5, 5.41) is 4.55. The number of benzene rings is 1. The molecule has 1 aliphatic rings. The zero-order valence-electron chi connectivity index (χ0n) is 11.5. The van der Waals surface area contributed by atoms with Gasteiger partial charge in [0, 0.05) is 17.1 Å². The van der Waals surface area contributed by atoms with Crippen LogP contribution in [0.1, 0.15) is 57.6 Å². The zero-order valence-corrected chi connectivity index (χ0v) is 12.2. The fraction of sp³-hybridized carbons (Fsp3) is 0.625. The maximum Gasteiger partial charge on any atom is 0.0406 e. The van der Waals surface area contributed by atoms with Crippen molar-refractivity contribution in [3.8, 4) is 0 Å². The van der Waals surface area contributed by atoms with Gasteiger partial charge in [-0.3, -0.25) is 0 Å². The molecule has 0 radical (unpaired) electrons. The highest BCUT2D eigenvalue weighted by Gasteiger charge is 2.21. The molecule has 18 heavy (non-hydrogen) atoms. The molecular formula is C16H24ClN. The van der Waals surface area contributed by atoms with Crippen molar-refractivity contribution in [2.45, 2.75) is 58.0 Å². The lowest BCUT2D eigenvalue weighted by molar-refractivity contribution is 0.268. The topological polar surface area (TPSA) is 12.0 Å². The zero-order chi connectivity index (χ0) is 13.0. The van der Waals surface area contributed by atoms with Crippen LogP contribution in [0.5, 0.6) is 0 Å². The predicted octanol–water partition coefficient (Wildman–Crippen LogP) is 4.96. The molecule has 1 N–H and O–H groups in total. The first kappa shape index (κ1) is 13.9. The second kappa shape index (κ2) is 6.58. The van der Waals surface area contributed by atoms with Crippen molar-refractivity contribution in [3.05, 3.63) is 34.9 Å². The van der Waals surface area contributed by atoms with Gasteiger partial charge in [-0.05, 0) is 50.3 Å². The minimum atomic E-state index is 0.402. The van der Waals surface area contributed by atoms with Crippen LogP contribution >= 0.6 is 11.6 Å². The lowest BCUT2D eigenvalue weighted by Gasteiger charge is -2.30. The first-order chi connectivity index (χ1) is 8.66. The molecule has 1 aromatic rings. The van der Waals surface area contributed by atoms with Gasteiger partial charge in [0.15, 0.2) is 0 Å². The van der Waals surface area contributed by atoms with E-state index in [-0.39, 0.29) is 0 Å².